The molecule has 0 aromatic heterocycles. The Hall–Kier alpha value is -3.00. The lowest BCUT2D eigenvalue weighted by molar-refractivity contribution is 0.0748. The van der Waals surface area contributed by atoms with Gasteiger partial charge >= 0.3 is 0 Å². The van der Waals surface area contributed by atoms with Gasteiger partial charge < -0.3 is 25.4 Å². The van der Waals surface area contributed by atoms with E-state index in [2.05, 4.69) is 4.90 Å². The lowest BCUT2D eigenvalue weighted by atomic mass is 10.1. The molecule has 9 heteroatoms. The molecule has 0 unspecified atom stereocenters. The Morgan fingerprint density at radius 1 is 1.00 bits per heavy atom. The normalized spacial score (nSPS) is 12.6. The predicted molar refractivity (Wildman–Crippen MR) is 146 cm³/mol. The van der Waals surface area contributed by atoms with Crippen LogP contribution in [0.25, 0.3) is 0 Å². The number of ether oxygens (including phenoxy) is 1. The summed E-state index contributed by atoms with van der Waals surface area (Å²) in [6.45, 7) is 6.40. The predicted octanol–water partition coefficient (Wildman–Crippen LogP) is 5.76. The van der Waals surface area contributed by atoms with Crippen LogP contribution in [0.15, 0.2) is 66.7 Å². The molecule has 0 bridgehead atoms. The van der Waals surface area contributed by atoms with Crippen molar-refractivity contribution < 1.29 is 19.0 Å². The van der Waals surface area contributed by atoms with Crippen molar-refractivity contribution in [1.29, 1.82) is 0 Å². The van der Waals surface area contributed by atoms with E-state index in [1.54, 1.807) is 17.0 Å². The highest BCUT2D eigenvalue weighted by Crippen LogP contribution is 2.31. The summed E-state index contributed by atoms with van der Waals surface area (Å²) in [4.78, 5) is 16.4. The number of hydrogen-bond acceptors (Lipinski definition) is 5. The molecule has 0 spiro atoms. The van der Waals surface area contributed by atoms with Crippen LogP contribution < -0.4 is 15.4 Å². The summed E-state index contributed by atoms with van der Waals surface area (Å²) in [6, 6.07) is 18.6. The number of hydrogen-bond donors (Lipinski definition) is 2. The van der Waals surface area contributed by atoms with Crippen LogP contribution in [-0.2, 0) is 0 Å². The summed E-state index contributed by atoms with van der Waals surface area (Å²) in [7, 11) is 0. The van der Waals surface area contributed by atoms with Crippen LogP contribution in [0.3, 0.4) is 0 Å². The second kappa shape index (κ2) is 15.2. The first-order valence-corrected chi connectivity index (χ1v) is 12.5. The number of aliphatic hydroxyl groups is 1. The number of carbonyl (C=O) groups is 1. The molecule has 3 aromatic carbocycles. The molecule has 1 aliphatic heterocycles. The molecular formula is C27H32Cl2FN3O3. The fourth-order valence-corrected chi connectivity index (χ4v) is 3.90. The summed E-state index contributed by atoms with van der Waals surface area (Å²) in [5, 5.41) is 10.2. The Balaban J connectivity index is 0.000000431. The summed E-state index contributed by atoms with van der Waals surface area (Å²) in [5.41, 5.74) is 7.09. The fourth-order valence-electron chi connectivity index (χ4n) is 3.46. The van der Waals surface area contributed by atoms with Gasteiger partial charge in [0, 0.05) is 43.0 Å². The second-order valence-corrected chi connectivity index (χ2v) is 8.34. The number of amides is 1. The van der Waals surface area contributed by atoms with E-state index < -0.39 is 5.82 Å². The van der Waals surface area contributed by atoms with Crippen LogP contribution in [0.2, 0.25) is 10.0 Å². The number of aliphatic hydroxyl groups excluding tert-OH is 1. The first kappa shape index (κ1) is 29.2. The van der Waals surface area contributed by atoms with Crippen LogP contribution in [0.5, 0.6) is 5.75 Å². The molecule has 36 heavy (non-hydrogen) atoms. The smallest absolute Gasteiger partial charge is 0.256 e. The number of carbonyl (C=O) groups excluding carboxylic acids is 1. The first-order chi connectivity index (χ1) is 17.4. The highest BCUT2D eigenvalue weighted by molar-refractivity contribution is 6.33. The second-order valence-electron chi connectivity index (χ2n) is 7.49. The van der Waals surface area contributed by atoms with Gasteiger partial charge in [-0.2, -0.15) is 0 Å². The fraction of sp³-hybridized carbons (Fsp3) is 0.296. The molecule has 194 valence electrons. The van der Waals surface area contributed by atoms with E-state index in [9.17, 15) is 9.18 Å². The van der Waals surface area contributed by atoms with Gasteiger partial charge in [-0.3, -0.25) is 4.79 Å². The van der Waals surface area contributed by atoms with E-state index in [0.29, 0.717) is 42.5 Å². The molecule has 4 rings (SSSR count). The number of nitrogens with zero attached hydrogens (tertiary/aromatic N) is 2. The van der Waals surface area contributed by atoms with Crippen LogP contribution in [0.4, 0.5) is 15.8 Å². The van der Waals surface area contributed by atoms with Gasteiger partial charge in [0.25, 0.3) is 5.91 Å². The topological polar surface area (TPSA) is 79.0 Å². The maximum Gasteiger partial charge on any atom is 0.256 e. The minimum atomic E-state index is -0.463. The molecule has 0 aliphatic carbocycles. The Kier molecular flexibility index (Phi) is 12.3. The van der Waals surface area contributed by atoms with Gasteiger partial charge in [0.1, 0.15) is 18.2 Å². The SMILES string of the molecule is CC.Clc1ccccc1.Nc1cc(F)ccc1C(=O)N1CCN(c2ccc(OCCO)cc2Cl)CC1. The standard InChI is InChI=1S/C19H21ClFN3O3.C6H5Cl.C2H6/c20-16-12-14(27-10-9-25)2-4-18(16)23-5-7-24(8-6-23)19(26)15-3-1-13(21)11-17(15)22;7-6-4-2-1-3-5-6;1-2/h1-4,11-12,25H,5-10,22H2;1-5H;1-2H3. The minimum Gasteiger partial charge on any atom is -0.491 e. The monoisotopic (exact) mass is 535 g/mol. The minimum absolute atomic E-state index is 0.0616. The van der Waals surface area contributed by atoms with Gasteiger partial charge in [0.2, 0.25) is 0 Å². The molecule has 1 fully saturated rings. The van der Waals surface area contributed by atoms with E-state index in [4.69, 9.17) is 38.8 Å². The van der Waals surface area contributed by atoms with Crippen molar-refractivity contribution in [3.63, 3.8) is 0 Å². The molecule has 1 heterocycles. The summed E-state index contributed by atoms with van der Waals surface area (Å²) in [5.74, 6) is -0.0701. The van der Waals surface area contributed by atoms with Crippen LogP contribution in [-0.4, -0.2) is 55.3 Å². The highest BCUT2D eigenvalue weighted by atomic mass is 35.5. The molecule has 0 saturated carbocycles. The van der Waals surface area contributed by atoms with Crippen molar-refractivity contribution in [2.24, 2.45) is 0 Å². The summed E-state index contributed by atoms with van der Waals surface area (Å²) >= 11 is 11.9. The zero-order valence-corrected chi connectivity index (χ0v) is 22.0. The largest absolute Gasteiger partial charge is 0.491 e. The molecule has 3 N–H and O–H groups in total. The molecule has 1 saturated heterocycles. The van der Waals surface area contributed by atoms with Crippen molar-refractivity contribution in [3.8, 4) is 5.75 Å². The molecule has 0 radical (unpaired) electrons. The summed E-state index contributed by atoms with van der Waals surface area (Å²) in [6.07, 6.45) is 0. The Labute approximate surface area is 222 Å². The molecular weight excluding hydrogens is 504 g/mol. The zero-order valence-electron chi connectivity index (χ0n) is 20.5. The molecule has 1 amide bonds. The van der Waals surface area contributed by atoms with Gasteiger partial charge in [-0.05, 0) is 42.5 Å². The molecule has 1 aliphatic rings. The van der Waals surface area contributed by atoms with Crippen molar-refractivity contribution in [2.75, 3.05) is 50.0 Å². The number of benzene rings is 3. The van der Waals surface area contributed by atoms with Crippen LogP contribution in [0, 0.1) is 5.82 Å². The Morgan fingerprint density at radius 2 is 1.67 bits per heavy atom. The summed E-state index contributed by atoms with van der Waals surface area (Å²) < 4.78 is 18.5. The Bertz CT molecular complexity index is 1090. The number of nitrogens with two attached hydrogens (primary N) is 1. The van der Waals surface area contributed by atoms with Gasteiger partial charge in [-0.25, -0.2) is 4.39 Å². The average molecular weight is 536 g/mol. The van der Waals surface area contributed by atoms with Crippen molar-refractivity contribution in [1.82, 2.24) is 4.90 Å². The van der Waals surface area contributed by atoms with E-state index in [1.165, 1.54) is 12.1 Å². The van der Waals surface area contributed by atoms with Crippen molar-refractivity contribution in [3.05, 3.63) is 88.2 Å². The van der Waals surface area contributed by atoms with Gasteiger partial charge in [-0.15, -0.1) is 0 Å². The van der Waals surface area contributed by atoms with Gasteiger partial charge in [0.15, 0.2) is 0 Å². The molecule has 0 atom stereocenters. The maximum atomic E-state index is 13.2. The molecule has 6 nitrogen and oxygen atoms in total. The quantitative estimate of drug-likeness (QED) is 0.406. The Morgan fingerprint density at radius 3 is 2.19 bits per heavy atom. The third-order valence-electron chi connectivity index (χ3n) is 5.16. The number of nitrogen functional groups attached to an aromatic ring is 1. The van der Waals surface area contributed by atoms with Crippen molar-refractivity contribution >= 4 is 40.5 Å². The van der Waals surface area contributed by atoms with E-state index in [0.717, 1.165) is 16.8 Å². The molecule has 3 aromatic rings. The third kappa shape index (κ3) is 8.59. The van der Waals surface area contributed by atoms with E-state index in [-0.39, 0.29) is 24.8 Å². The number of piperazine rings is 1. The maximum absolute atomic E-state index is 13.2. The van der Waals surface area contributed by atoms with Crippen LogP contribution >= 0.6 is 23.2 Å². The number of halogens is 3. The average Bonchev–Trinajstić information content (AvgIpc) is 2.89. The van der Waals surface area contributed by atoms with Crippen molar-refractivity contribution in [2.45, 2.75) is 13.8 Å². The van der Waals surface area contributed by atoms with E-state index >= 15 is 0 Å². The number of rotatable bonds is 5. The third-order valence-corrected chi connectivity index (χ3v) is 5.72. The van der Waals surface area contributed by atoms with E-state index in [1.807, 2.05) is 50.2 Å². The highest BCUT2D eigenvalue weighted by Gasteiger charge is 2.24. The van der Waals surface area contributed by atoms with Gasteiger partial charge in [-0.1, -0.05) is 55.2 Å². The van der Waals surface area contributed by atoms with Crippen LogP contribution in [0.1, 0.15) is 24.2 Å². The number of anilines is 2. The lowest BCUT2D eigenvalue weighted by Crippen LogP contribution is -2.49. The first-order valence-electron chi connectivity index (χ1n) is 11.7. The zero-order chi connectivity index (χ0) is 26.5. The van der Waals surface area contributed by atoms with Gasteiger partial charge in [0.05, 0.1) is 22.9 Å². The lowest BCUT2D eigenvalue weighted by Gasteiger charge is -2.36.